The van der Waals surface area contributed by atoms with E-state index in [1.165, 1.54) is 25.7 Å². The van der Waals surface area contributed by atoms with Crippen molar-refractivity contribution >= 4 is 11.8 Å². The van der Waals surface area contributed by atoms with Crippen molar-refractivity contribution in [3.63, 3.8) is 0 Å². The van der Waals surface area contributed by atoms with Crippen molar-refractivity contribution < 1.29 is 14.3 Å². The molecule has 0 aliphatic heterocycles. The molecule has 0 amide bonds. The molecule has 0 saturated heterocycles. The van der Waals surface area contributed by atoms with Gasteiger partial charge in [0.25, 0.3) is 0 Å². The minimum absolute atomic E-state index is 0.113. The number of unbranched alkanes of at least 4 members (excludes halogenated alkanes) is 4. The normalized spacial score (nSPS) is 18.7. The number of ketones is 1. The van der Waals surface area contributed by atoms with Gasteiger partial charge in [0.05, 0.1) is 6.61 Å². The van der Waals surface area contributed by atoms with E-state index in [2.05, 4.69) is 13.8 Å². The zero-order valence-corrected chi connectivity index (χ0v) is 14.6. The number of carbonyl (C=O) groups excluding carboxylic acids is 2. The first kappa shape index (κ1) is 19.2. The van der Waals surface area contributed by atoms with Gasteiger partial charge in [0, 0.05) is 18.8 Å². The average molecular weight is 310 g/mol. The Morgan fingerprint density at radius 1 is 1.14 bits per heavy atom. The molecular formula is C19H34O3. The summed E-state index contributed by atoms with van der Waals surface area (Å²) in [7, 11) is 0. The summed E-state index contributed by atoms with van der Waals surface area (Å²) in [5.41, 5.74) is 0. The van der Waals surface area contributed by atoms with Crippen LogP contribution in [0.1, 0.15) is 90.9 Å². The van der Waals surface area contributed by atoms with Crippen LogP contribution in [0.2, 0.25) is 0 Å². The highest BCUT2D eigenvalue weighted by molar-refractivity contribution is 5.82. The second-order valence-electron chi connectivity index (χ2n) is 7.12. The van der Waals surface area contributed by atoms with Crippen LogP contribution in [0.4, 0.5) is 0 Å². The van der Waals surface area contributed by atoms with Gasteiger partial charge in [0.15, 0.2) is 0 Å². The molecule has 0 spiro atoms. The van der Waals surface area contributed by atoms with Crippen LogP contribution < -0.4 is 0 Å². The van der Waals surface area contributed by atoms with Crippen LogP contribution in [0.25, 0.3) is 0 Å². The number of rotatable bonds is 11. The van der Waals surface area contributed by atoms with E-state index in [9.17, 15) is 9.59 Å². The number of esters is 1. The van der Waals surface area contributed by atoms with E-state index in [0.29, 0.717) is 31.7 Å². The molecule has 1 saturated carbocycles. The fourth-order valence-electron chi connectivity index (χ4n) is 3.10. The maximum atomic E-state index is 11.7. The Kier molecular flexibility index (Phi) is 10.2. The molecule has 0 N–H and O–H groups in total. The van der Waals surface area contributed by atoms with E-state index in [4.69, 9.17) is 4.74 Å². The summed E-state index contributed by atoms with van der Waals surface area (Å²) in [5.74, 6) is 1.14. The molecule has 1 rings (SSSR count). The van der Waals surface area contributed by atoms with Crippen molar-refractivity contribution in [1.82, 2.24) is 0 Å². The first-order chi connectivity index (χ1) is 10.6. The number of hydrogen-bond acceptors (Lipinski definition) is 3. The minimum atomic E-state index is -0.127. The van der Waals surface area contributed by atoms with Gasteiger partial charge in [-0.3, -0.25) is 9.59 Å². The second-order valence-corrected chi connectivity index (χ2v) is 7.12. The lowest BCUT2D eigenvalue weighted by Gasteiger charge is -2.19. The summed E-state index contributed by atoms with van der Waals surface area (Å²) in [6.45, 7) is 5.07. The molecule has 1 aliphatic rings. The Labute approximate surface area is 136 Å². The number of ether oxygens (including phenoxy) is 1. The van der Waals surface area contributed by atoms with Gasteiger partial charge >= 0.3 is 5.97 Å². The quantitative estimate of drug-likeness (QED) is 0.395. The van der Waals surface area contributed by atoms with Crippen LogP contribution in [0.3, 0.4) is 0 Å². The lowest BCUT2D eigenvalue weighted by Crippen LogP contribution is -2.20. The maximum absolute atomic E-state index is 11.7. The van der Waals surface area contributed by atoms with Crippen LogP contribution in [-0.2, 0) is 14.3 Å². The summed E-state index contributed by atoms with van der Waals surface area (Å²) in [5, 5.41) is 0. The van der Waals surface area contributed by atoms with Crippen molar-refractivity contribution in [2.45, 2.75) is 90.9 Å². The Morgan fingerprint density at radius 3 is 2.59 bits per heavy atom. The smallest absolute Gasteiger partial charge is 0.305 e. The first-order valence-electron chi connectivity index (χ1n) is 9.28. The standard InChI is InChI=1S/C19H34O3/c1-16(2)10-6-4-3-5-9-15-22-19(21)14-13-17-11-7-8-12-18(17)20/h16-17H,3-15H2,1-2H3. The summed E-state index contributed by atoms with van der Waals surface area (Å²) in [6, 6.07) is 0. The van der Waals surface area contributed by atoms with Gasteiger partial charge < -0.3 is 4.74 Å². The molecule has 0 aromatic heterocycles. The molecule has 0 bridgehead atoms. The zero-order chi connectivity index (χ0) is 16.2. The Bertz CT molecular complexity index is 323. The third-order valence-electron chi connectivity index (χ3n) is 4.57. The molecule has 3 heteroatoms. The van der Waals surface area contributed by atoms with Gasteiger partial charge in [-0.15, -0.1) is 0 Å². The lowest BCUT2D eigenvalue weighted by molar-refractivity contribution is -0.144. The average Bonchev–Trinajstić information content (AvgIpc) is 2.49. The molecular weight excluding hydrogens is 276 g/mol. The zero-order valence-electron chi connectivity index (χ0n) is 14.6. The number of Topliss-reactive ketones (excluding diaryl/α,β-unsaturated/α-hetero) is 1. The van der Waals surface area contributed by atoms with Gasteiger partial charge in [0.1, 0.15) is 5.78 Å². The van der Waals surface area contributed by atoms with Crippen molar-refractivity contribution in [1.29, 1.82) is 0 Å². The lowest BCUT2D eigenvalue weighted by atomic mass is 9.85. The predicted octanol–water partition coefficient (Wildman–Crippen LogP) is 5.07. The first-order valence-corrected chi connectivity index (χ1v) is 9.28. The van der Waals surface area contributed by atoms with E-state index in [0.717, 1.165) is 38.0 Å². The summed E-state index contributed by atoms with van der Waals surface area (Å²) >= 11 is 0. The Balaban J connectivity index is 1.92. The molecule has 1 atom stereocenters. The third-order valence-corrected chi connectivity index (χ3v) is 4.57. The van der Waals surface area contributed by atoms with E-state index in [-0.39, 0.29) is 11.9 Å². The molecule has 22 heavy (non-hydrogen) atoms. The summed E-state index contributed by atoms with van der Waals surface area (Å²) in [6.07, 6.45) is 12.2. The van der Waals surface area contributed by atoms with E-state index >= 15 is 0 Å². The van der Waals surface area contributed by atoms with Crippen molar-refractivity contribution in [3.8, 4) is 0 Å². The largest absolute Gasteiger partial charge is 0.466 e. The summed E-state index contributed by atoms with van der Waals surface area (Å²) < 4.78 is 5.26. The number of carbonyl (C=O) groups is 2. The van der Waals surface area contributed by atoms with Crippen LogP contribution in [-0.4, -0.2) is 18.4 Å². The third kappa shape index (κ3) is 9.22. The molecule has 0 aromatic carbocycles. The molecule has 1 unspecified atom stereocenters. The van der Waals surface area contributed by atoms with E-state index in [1.807, 2.05) is 0 Å². The Morgan fingerprint density at radius 2 is 1.86 bits per heavy atom. The maximum Gasteiger partial charge on any atom is 0.305 e. The van der Waals surface area contributed by atoms with Gasteiger partial charge in [-0.25, -0.2) is 0 Å². The molecule has 0 radical (unpaired) electrons. The SMILES string of the molecule is CC(C)CCCCCCCOC(=O)CCC1CCCCC1=O. The van der Waals surface area contributed by atoms with Crippen molar-refractivity contribution in [2.75, 3.05) is 6.61 Å². The molecule has 3 nitrogen and oxygen atoms in total. The second kappa shape index (κ2) is 11.7. The highest BCUT2D eigenvalue weighted by Crippen LogP contribution is 2.24. The van der Waals surface area contributed by atoms with Gasteiger partial charge in [-0.2, -0.15) is 0 Å². The molecule has 0 heterocycles. The van der Waals surface area contributed by atoms with E-state index < -0.39 is 0 Å². The monoisotopic (exact) mass is 310 g/mol. The fraction of sp³-hybridized carbons (Fsp3) is 0.895. The van der Waals surface area contributed by atoms with Gasteiger partial charge in [0.2, 0.25) is 0 Å². The van der Waals surface area contributed by atoms with Crippen LogP contribution in [0.5, 0.6) is 0 Å². The van der Waals surface area contributed by atoms with Crippen LogP contribution in [0, 0.1) is 11.8 Å². The summed E-state index contributed by atoms with van der Waals surface area (Å²) in [4.78, 5) is 23.4. The number of hydrogen-bond donors (Lipinski definition) is 0. The minimum Gasteiger partial charge on any atom is -0.466 e. The highest BCUT2D eigenvalue weighted by atomic mass is 16.5. The highest BCUT2D eigenvalue weighted by Gasteiger charge is 2.22. The predicted molar refractivity (Wildman–Crippen MR) is 89.7 cm³/mol. The van der Waals surface area contributed by atoms with Crippen LogP contribution in [0.15, 0.2) is 0 Å². The van der Waals surface area contributed by atoms with Crippen molar-refractivity contribution in [2.24, 2.45) is 11.8 Å². The topological polar surface area (TPSA) is 43.4 Å². The van der Waals surface area contributed by atoms with Gasteiger partial charge in [-0.05, 0) is 31.6 Å². The molecule has 128 valence electrons. The molecule has 0 aromatic rings. The molecule has 1 aliphatic carbocycles. The fourth-order valence-corrected chi connectivity index (χ4v) is 3.10. The molecule has 1 fully saturated rings. The van der Waals surface area contributed by atoms with Crippen LogP contribution >= 0.6 is 0 Å². The van der Waals surface area contributed by atoms with Gasteiger partial charge in [-0.1, -0.05) is 52.4 Å². The van der Waals surface area contributed by atoms with Crippen molar-refractivity contribution in [3.05, 3.63) is 0 Å². The van der Waals surface area contributed by atoms with E-state index in [1.54, 1.807) is 0 Å². The Hall–Kier alpha value is -0.860.